The third kappa shape index (κ3) is 2.03. The van der Waals surface area contributed by atoms with Gasteiger partial charge < -0.3 is 16.6 Å². The summed E-state index contributed by atoms with van der Waals surface area (Å²) in [6.45, 7) is 1.91. The van der Waals surface area contributed by atoms with Gasteiger partial charge >= 0.3 is 5.97 Å². The SMILES string of the molecule is CC[C@@H](N)c1ccc(N)cc1C(=O)O. The summed E-state index contributed by atoms with van der Waals surface area (Å²) < 4.78 is 0. The first-order valence-corrected chi connectivity index (χ1v) is 4.44. The van der Waals surface area contributed by atoms with Crippen LogP contribution in [0.3, 0.4) is 0 Å². The molecule has 0 amide bonds. The molecule has 0 aromatic heterocycles. The van der Waals surface area contributed by atoms with E-state index in [9.17, 15) is 4.79 Å². The van der Waals surface area contributed by atoms with Crippen LogP contribution in [0, 0.1) is 0 Å². The van der Waals surface area contributed by atoms with Gasteiger partial charge in [-0.2, -0.15) is 0 Å². The zero-order chi connectivity index (χ0) is 10.7. The fourth-order valence-corrected chi connectivity index (χ4v) is 1.30. The summed E-state index contributed by atoms with van der Waals surface area (Å²) in [5.74, 6) is -0.990. The van der Waals surface area contributed by atoms with Crippen LogP contribution in [0.5, 0.6) is 0 Å². The minimum Gasteiger partial charge on any atom is -0.478 e. The predicted octanol–water partition coefficient (Wildman–Crippen LogP) is 1.38. The molecule has 76 valence electrons. The maximum absolute atomic E-state index is 10.9. The predicted molar refractivity (Wildman–Crippen MR) is 55.0 cm³/mol. The molecule has 0 radical (unpaired) electrons. The van der Waals surface area contributed by atoms with Gasteiger partial charge in [0.2, 0.25) is 0 Å². The smallest absolute Gasteiger partial charge is 0.336 e. The number of carboxylic acids is 1. The summed E-state index contributed by atoms with van der Waals surface area (Å²) in [5, 5.41) is 8.92. The molecule has 0 unspecified atom stereocenters. The highest BCUT2D eigenvalue weighted by atomic mass is 16.4. The van der Waals surface area contributed by atoms with Crippen LogP contribution in [0.2, 0.25) is 0 Å². The molecule has 0 heterocycles. The molecule has 1 aromatic carbocycles. The Bertz CT molecular complexity index is 350. The molecule has 14 heavy (non-hydrogen) atoms. The second-order valence-corrected chi connectivity index (χ2v) is 3.17. The molecule has 1 aromatic rings. The van der Waals surface area contributed by atoms with E-state index in [1.165, 1.54) is 6.07 Å². The van der Waals surface area contributed by atoms with Crippen LogP contribution in [0.25, 0.3) is 0 Å². The van der Waals surface area contributed by atoms with Crippen LogP contribution in [-0.4, -0.2) is 11.1 Å². The summed E-state index contributed by atoms with van der Waals surface area (Å²) in [4.78, 5) is 10.9. The van der Waals surface area contributed by atoms with Crippen LogP contribution >= 0.6 is 0 Å². The van der Waals surface area contributed by atoms with Crippen LogP contribution < -0.4 is 11.5 Å². The first-order chi connectivity index (χ1) is 6.56. The number of rotatable bonds is 3. The fraction of sp³-hybridized carbons (Fsp3) is 0.300. The van der Waals surface area contributed by atoms with E-state index in [1.807, 2.05) is 6.92 Å². The van der Waals surface area contributed by atoms with Crippen molar-refractivity contribution in [3.05, 3.63) is 29.3 Å². The number of hydrogen-bond acceptors (Lipinski definition) is 3. The van der Waals surface area contributed by atoms with E-state index in [-0.39, 0.29) is 11.6 Å². The normalized spacial score (nSPS) is 12.4. The quantitative estimate of drug-likeness (QED) is 0.634. The molecule has 0 saturated carbocycles. The largest absolute Gasteiger partial charge is 0.478 e. The lowest BCUT2D eigenvalue weighted by molar-refractivity contribution is 0.0695. The van der Waals surface area contributed by atoms with Crippen molar-refractivity contribution in [3.8, 4) is 0 Å². The lowest BCUT2D eigenvalue weighted by Gasteiger charge is -2.12. The Balaban J connectivity index is 3.21. The number of nitrogen functional groups attached to an aromatic ring is 1. The minimum absolute atomic E-state index is 0.194. The van der Waals surface area contributed by atoms with Gasteiger partial charge in [-0.25, -0.2) is 4.79 Å². The Morgan fingerprint density at radius 3 is 2.71 bits per heavy atom. The van der Waals surface area contributed by atoms with Gasteiger partial charge in [0.15, 0.2) is 0 Å². The number of aromatic carboxylic acids is 1. The summed E-state index contributed by atoms with van der Waals surface area (Å²) in [7, 11) is 0. The van der Waals surface area contributed by atoms with Crippen molar-refractivity contribution in [1.29, 1.82) is 0 Å². The number of benzene rings is 1. The highest BCUT2D eigenvalue weighted by Crippen LogP contribution is 2.21. The third-order valence-electron chi connectivity index (χ3n) is 2.15. The van der Waals surface area contributed by atoms with E-state index in [0.717, 1.165) is 0 Å². The number of carboxylic acid groups (broad SMARTS) is 1. The molecule has 0 aliphatic carbocycles. The summed E-state index contributed by atoms with van der Waals surface area (Å²) in [6, 6.07) is 4.53. The maximum atomic E-state index is 10.9. The molecule has 0 saturated heterocycles. The van der Waals surface area contributed by atoms with Gasteiger partial charge in [-0.05, 0) is 24.1 Å². The van der Waals surface area contributed by atoms with E-state index < -0.39 is 5.97 Å². The summed E-state index contributed by atoms with van der Waals surface area (Å²) in [5.41, 5.74) is 12.5. The van der Waals surface area contributed by atoms with Crippen molar-refractivity contribution in [2.24, 2.45) is 5.73 Å². The average Bonchev–Trinajstić information content (AvgIpc) is 2.16. The van der Waals surface area contributed by atoms with Crippen molar-refractivity contribution in [3.63, 3.8) is 0 Å². The molecule has 1 atom stereocenters. The zero-order valence-electron chi connectivity index (χ0n) is 8.03. The number of carbonyl (C=O) groups is 1. The van der Waals surface area contributed by atoms with Crippen molar-refractivity contribution in [2.45, 2.75) is 19.4 Å². The van der Waals surface area contributed by atoms with Crippen molar-refractivity contribution >= 4 is 11.7 Å². The molecule has 0 spiro atoms. The van der Waals surface area contributed by atoms with Crippen LogP contribution in [0.4, 0.5) is 5.69 Å². The molecule has 5 N–H and O–H groups in total. The molecular weight excluding hydrogens is 180 g/mol. The first kappa shape index (κ1) is 10.5. The molecule has 1 rings (SSSR count). The Labute approximate surface area is 82.5 Å². The van der Waals surface area contributed by atoms with Crippen LogP contribution in [-0.2, 0) is 0 Å². The lowest BCUT2D eigenvalue weighted by atomic mass is 9.98. The molecule has 4 nitrogen and oxygen atoms in total. The molecule has 0 fully saturated rings. The summed E-state index contributed by atoms with van der Waals surface area (Å²) >= 11 is 0. The Morgan fingerprint density at radius 1 is 1.57 bits per heavy atom. The van der Waals surface area contributed by atoms with Gasteiger partial charge in [-0.1, -0.05) is 13.0 Å². The van der Waals surface area contributed by atoms with Gasteiger partial charge in [0.1, 0.15) is 0 Å². The van der Waals surface area contributed by atoms with E-state index in [4.69, 9.17) is 16.6 Å². The second kappa shape index (κ2) is 4.11. The monoisotopic (exact) mass is 194 g/mol. The van der Waals surface area contributed by atoms with Crippen molar-refractivity contribution < 1.29 is 9.90 Å². The summed E-state index contributed by atoms with van der Waals surface area (Å²) in [6.07, 6.45) is 0.699. The number of anilines is 1. The standard InChI is InChI=1S/C10H14N2O2/c1-2-9(12)7-4-3-6(11)5-8(7)10(13)14/h3-5,9H,2,11-12H2,1H3,(H,13,14)/t9-/m1/s1. The van der Waals surface area contributed by atoms with Gasteiger partial charge in [0.05, 0.1) is 5.56 Å². The second-order valence-electron chi connectivity index (χ2n) is 3.17. The van der Waals surface area contributed by atoms with E-state index in [0.29, 0.717) is 17.7 Å². The molecule has 0 aliphatic heterocycles. The average molecular weight is 194 g/mol. The molecule has 0 aliphatic rings. The van der Waals surface area contributed by atoms with Gasteiger partial charge in [-0.3, -0.25) is 0 Å². The van der Waals surface area contributed by atoms with E-state index in [2.05, 4.69) is 0 Å². The van der Waals surface area contributed by atoms with Gasteiger partial charge in [0, 0.05) is 11.7 Å². The number of nitrogens with two attached hydrogens (primary N) is 2. The van der Waals surface area contributed by atoms with E-state index in [1.54, 1.807) is 12.1 Å². The van der Waals surface area contributed by atoms with Gasteiger partial charge in [0.25, 0.3) is 0 Å². The first-order valence-electron chi connectivity index (χ1n) is 4.44. The molecular formula is C10H14N2O2. The van der Waals surface area contributed by atoms with Crippen molar-refractivity contribution in [1.82, 2.24) is 0 Å². The van der Waals surface area contributed by atoms with Crippen molar-refractivity contribution in [2.75, 3.05) is 5.73 Å². The lowest BCUT2D eigenvalue weighted by Crippen LogP contribution is -2.14. The topological polar surface area (TPSA) is 89.3 Å². The van der Waals surface area contributed by atoms with Crippen LogP contribution in [0.1, 0.15) is 35.3 Å². The highest BCUT2D eigenvalue weighted by molar-refractivity contribution is 5.90. The minimum atomic E-state index is -0.990. The Morgan fingerprint density at radius 2 is 2.21 bits per heavy atom. The zero-order valence-corrected chi connectivity index (χ0v) is 8.03. The van der Waals surface area contributed by atoms with Crippen LogP contribution in [0.15, 0.2) is 18.2 Å². The third-order valence-corrected chi connectivity index (χ3v) is 2.15. The fourth-order valence-electron chi connectivity index (χ4n) is 1.30. The number of hydrogen-bond donors (Lipinski definition) is 3. The Kier molecular flexibility index (Phi) is 3.09. The Hall–Kier alpha value is -1.55. The maximum Gasteiger partial charge on any atom is 0.336 e. The highest BCUT2D eigenvalue weighted by Gasteiger charge is 2.14. The molecule has 0 bridgehead atoms. The van der Waals surface area contributed by atoms with E-state index >= 15 is 0 Å². The molecule has 4 heteroatoms. The van der Waals surface area contributed by atoms with Gasteiger partial charge in [-0.15, -0.1) is 0 Å².